The standard InChI is InChI=1S/C55H42BN5O.Pt/c1-55(2,3)40-30-31-57-52(33-40)61-49-27-12-11-24-47(49)48-29-28-44(36-50(48)61)62-43-23-15-22-41(34-43)59-37-58(4)54-51(59)35-42-21-13-14-32-60(42)56(54)53-45(38-17-7-5-8-18-38)25-16-26-46(53)39-19-9-6-10-20-39;/h5-33,35H,1-4H3;/q-2;/i4D3;. The van der Waals surface area contributed by atoms with Crippen LogP contribution in [0.25, 0.3) is 61.6 Å². The molecule has 6 nitrogen and oxygen atoms in total. The zero-order valence-electron chi connectivity index (χ0n) is 37.9. The topological polar surface area (TPSA) is 39.1 Å². The third kappa shape index (κ3) is 7.07. The van der Waals surface area contributed by atoms with E-state index in [1.165, 1.54) is 10.1 Å². The van der Waals surface area contributed by atoms with Gasteiger partial charge < -0.3 is 23.2 Å². The Hall–Kier alpha value is -6.95. The second-order valence-electron chi connectivity index (χ2n) is 16.7. The van der Waals surface area contributed by atoms with E-state index in [0.29, 0.717) is 28.5 Å². The summed E-state index contributed by atoms with van der Waals surface area (Å²) in [6.07, 6.45) is 15.3. The molecule has 0 unspecified atom stereocenters. The molecule has 0 aliphatic carbocycles. The summed E-state index contributed by atoms with van der Waals surface area (Å²) in [6.45, 7) is 3.45. The van der Waals surface area contributed by atoms with Gasteiger partial charge in [0, 0.05) is 61.3 Å². The molecule has 0 spiro atoms. The van der Waals surface area contributed by atoms with Gasteiger partial charge in [0.2, 0.25) is 6.33 Å². The third-order valence-electron chi connectivity index (χ3n) is 11.8. The molecule has 0 fully saturated rings. The van der Waals surface area contributed by atoms with Crippen molar-refractivity contribution in [1.29, 1.82) is 0 Å². The van der Waals surface area contributed by atoms with Gasteiger partial charge in [-0.15, -0.1) is 29.7 Å². The van der Waals surface area contributed by atoms with Crippen molar-refractivity contribution in [2.24, 2.45) is 6.98 Å². The average molecular weight is 998 g/mol. The van der Waals surface area contributed by atoms with Gasteiger partial charge in [-0.05, 0) is 86.7 Å². The summed E-state index contributed by atoms with van der Waals surface area (Å²) < 4.78 is 38.8. The van der Waals surface area contributed by atoms with Crippen LogP contribution < -0.4 is 20.4 Å². The molecule has 2 aliphatic rings. The maximum atomic E-state index is 8.96. The normalized spacial score (nSPS) is 14.1. The van der Waals surface area contributed by atoms with Crippen molar-refractivity contribution >= 4 is 45.8 Å². The first-order valence-corrected chi connectivity index (χ1v) is 20.8. The number of benzene rings is 6. The fourth-order valence-corrected chi connectivity index (χ4v) is 8.92. The Morgan fingerprint density at radius 2 is 1.44 bits per heavy atom. The second kappa shape index (κ2) is 16.1. The van der Waals surface area contributed by atoms with Crippen LogP contribution in [0.3, 0.4) is 0 Å². The van der Waals surface area contributed by atoms with Gasteiger partial charge in [-0.3, -0.25) is 0 Å². The number of hydrogen-bond donors (Lipinski definition) is 0. The molecule has 2 aliphatic heterocycles. The molecule has 0 amide bonds. The Bertz CT molecular complexity index is 3350. The fourth-order valence-electron chi connectivity index (χ4n) is 8.92. The predicted octanol–water partition coefficient (Wildman–Crippen LogP) is 10.5. The van der Waals surface area contributed by atoms with Crippen LogP contribution in [-0.4, -0.2) is 25.8 Å². The minimum absolute atomic E-state index is 0. The van der Waals surface area contributed by atoms with Crippen molar-refractivity contribution in [3.8, 4) is 45.3 Å². The molecule has 0 atom stereocenters. The van der Waals surface area contributed by atoms with E-state index in [1.807, 2.05) is 103 Å². The fraction of sp³-hybridized carbons (Fsp3) is 0.0909. The molecule has 0 radical (unpaired) electrons. The molecule has 8 heteroatoms. The van der Waals surface area contributed by atoms with Gasteiger partial charge in [0.1, 0.15) is 5.82 Å². The molecule has 0 bridgehead atoms. The van der Waals surface area contributed by atoms with Gasteiger partial charge in [-0.1, -0.05) is 135 Å². The molecule has 63 heavy (non-hydrogen) atoms. The summed E-state index contributed by atoms with van der Waals surface area (Å²) in [5.41, 5.74) is 10.7. The molecule has 6 aromatic carbocycles. The summed E-state index contributed by atoms with van der Waals surface area (Å²) in [4.78, 5) is 7.00. The van der Waals surface area contributed by atoms with Crippen molar-refractivity contribution in [3.63, 3.8) is 0 Å². The van der Waals surface area contributed by atoms with E-state index in [1.54, 1.807) is 4.57 Å². The van der Waals surface area contributed by atoms with E-state index in [2.05, 4.69) is 127 Å². The maximum absolute atomic E-state index is 8.96. The minimum atomic E-state index is -2.58. The predicted molar refractivity (Wildman–Crippen MR) is 251 cm³/mol. The van der Waals surface area contributed by atoms with Crippen LogP contribution in [0.5, 0.6) is 11.5 Å². The van der Waals surface area contributed by atoms with E-state index < -0.39 is 13.8 Å². The SMILES string of the molecule is [2H]C([2H])([2H])[n+]1[c-]n(-c2[c-]c(Oc3[c-]c4c(cc3)c3ccccc3n4-c3cc(C(C)(C)C)ccn3)ccc2)c2c1B(c1c(-c3ccccc3)cccc1-c1ccccc1)N1C=CC=CC1=C2.[Pt]. The van der Waals surface area contributed by atoms with E-state index in [-0.39, 0.29) is 26.5 Å². The Morgan fingerprint density at radius 3 is 2.19 bits per heavy atom. The van der Waals surface area contributed by atoms with Crippen molar-refractivity contribution in [3.05, 3.63) is 212 Å². The number of aryl methyl sites for hydroxylation is 1. The largest absolute Gasteiger partial charge is 0.510 e. The van der Waals surface area contributed by atoms with Gasteiger partial charge in [0.25, 0.3) is 0 Å². The molecule has 11 rings (SSSR count). The number of allylic oxidation sites excluding steroid dienone is 3. The molecule has 0 saturated carbocycles. The van der Waals surface area contributed by atoms with Gasteiger partial charge in [-0.2, -0.15) is 18.2 Å². The van der Waals surface area contributed by atoms with Gasteiger partial charge >= 0.3 is 6.85 Å². The van der Waals surface area contributed by atoms with Gasteiger partial charge in [-0.25, -0.2) is 4.98 Å². The van der Waals surface area contributed by atoms with Crippen LogP contribution in [0, 0.1) is 18.5 Å². The minimum Gasteiger partial charge on any atom is -0.510 e. The number of para-hydroxylation sites is 1. The van der Waals surface area contributed by atoms with E-state index in [4.69, 9.17) is 13.8 Å². The molecular weight excluding hydrogens is 953 g/mol. The molecule has 308 valence electrons. The first-order valence-electron chi connectivity index (χ1n) is 22.3. The Kier molecular flexibility index (Phi) is 9.36. The van der Waals surface area contributed by atoms with Crippen LogP contribution >= 0.6 is 0 Å². The molecular formula is C55H42BN5OPt-2. The Labute approximate surface area is 387 Å². The summed E-state index contributed by atoms with van der Waals surface area (Å²) in [6, 6.07) is 56.1. The summed E-state index contributed by atoms with van der Waals surface area (Å²) in [7, 11) is 0. The van der Waals surface area contributed by atoms with Crippen molar-refractivity contribution in [2.45, 2.75) is 26.2 Å². The van der Waals surface area contributed by atoms with Crippen molar-refractivity contribution in [2.75, 3.05) is 0 Å². The average Bonchev–Trinajstić information content (AvgIpc) is 3.87. The van der Waals surface area contributed by atoms with Crippen LogP contribution in [0.2, 0.25) is 0 Å². The monoisotopic (exact) mass is 997 g/mol. The number of fused-ring (bicyclic) bond motifs is 5. The number of ether oxygens (including phenoxy) is 1. The zero-order chi connectivity index (χ0) is 44.5. The van der Waals surface area contributed by atoms with Gasteiger partial charge in [0.05, 0.1) is 11.1 Å². The smallest absolute Gasteiger partial charge is 0.312 e. The number of rotatable bonds is 7. The second-order valence-corrected chi connectivity index (χ2v) is 16.7. The third-order valence-corrected chi connectivity index (χ3v) is 11.8. The molecule has 0 saturated heterocycles. The number of pyridine rings is 1. The number of hydrogen-bond acceptors (Lipinski definition) is 3. The molecule has 0 N–H and O–H groups in total. The number of imidazole rings is 1. The molecule has 5 heterocycles. The Balaban J connectivity index is 0.00000511. The van der Waals surface area contributed by atoms with Crippen molar-refractivity contribution in [1.82, 2.24) is 18.9 Å². The maximum Gasteiger partial charge on any atom is 0.312 e. The summed E-state index contributed by atoms with van der Waals surface area (Å²) in [5, 5.41) is 2.12. The van der Waals surface area contributed by atoms with E-state index >= 15 is 0 Å². The van der Waals surface area contributed by atoms with E-state index in [0.717, 1.165) is 61.0 Å². The van der Waals surface area contributed by atoms with Gasteiger partial charge in [0.15, 0.2) is 0 Å². The molecule has 9 aromatic rings. The van der Waals surface area contributed by atoms with Crippen LogP contribution in [0.1, 0.15) is 36.1 Å². The summed E-state index contributed by atoms with van der Waals surface area (Å²) in [5.74, 6) is 1.74. The van der Waals surface area contributed by atoms with Crippen LogP contribution in [0.4, 0.5) is 0 Å². The summed E-state index contributed by atoms with van der Waals surface area (Å²) >= 11 is 0. The van der Waals surface area contributed by atoms with E-state index in [9.17, 15) is 0 Å². The van der Waals surface area contributed by atoms with Crippen LogP contribution in [0.15, 0.2) is 182 Å². The van der Waals surface area contributed by atoms with Crippen LogP contribution in [-0.2, 0) is 33.5 Å². The van der Waals surface area contributed by atoms with Crippen molar-refractivity contribution < 1.29 is 34.5 Å². The molecule has 3 aromatic heterocycles. The first kappa shape index (κ1) is 36.7. The first-order chi connectivity index (χ1) is 31.5. The quantitative estimate of drug-likeness (QED) is 0.0908. The Morgan fingerprint density at radius 1 is 0.730 bits per heavy atom. The number of nitrogens with zero attached hydrogens (tertiary/aromatic N) is 5. The number of aromatic nitrogens is 4. The zero-order valence-corrected chi connectivity index (χ0v) is 37.1.